The zero-order chi connectivity index (χ0) is 19.3. The summed E-state index contributed by atoms with van der Waals surface area (Å²) in [5, 5.41) is 41.4. The monoisotopic (exact) mass is 355 g/mol. The van der Waals surface area contributed by atoms with Crippen LogP contribution in [0.3, 0.4) is 0 Å². The molecule has 1 amide bonds. The number of hydrogen-bond acceptors (Lipinski definition) is 7. The Morgan fingerprint density at radius 1 is 1.16 bits per heavy atom. The zero-order valence-electron chi connectivity index (χ0n) is 12.8. The van der Waals surface area contributed by atoms with Crippen LogP contribution in [0.4, 0.5) is 11.4 Å². The lowest BCUT2D eigenvalue weighted by Gasteiger charge is -2.14. The molecule has 134 valence electrons. The SMILES string of the molecule is Cc1c(C(=O)NC(CCC(=O)O)C(=O)O)cc([N+](=O)[O-])cc1[N+](=O)[O-]. The molecule has 0 heterocycles. The molecule has 0 aromatic heterocycles. The van der Waals surface area contributed by atoms with Crippen molar-refractivity contribution in [2.24, 2.45) is 0 Å². The summed E-state index contributed by atoms with van der Waals surface area (Å²) in [6.07, 6.45) is -0.961. The van der Waals surface area contributed by atoms with Gasteiger partial charge in [-0.15, -0.1) is 0 Å². The molecule has 0 saturated heterocycles. The Labute approximate surface area is 139 Å². The lowest BCUT2D eigenvalue weighted by Crippen LogP contribution is -2.41. The average Bonchev–Trinajstić information content (AvgIpc) is 2.50. The second kappa shape index (κ2) is 7.81. The van der Waals surface area contributed by atoms with E-state index in [1.54, 1.807) is 0 Å². The van der Waals surface area contributed by atoms with Gasteiger partial charge in [-0.25, -0.2) is 4.79 Å². The van der Waals surface area contributed by atoms with E-state index in [1.807, 2.05) is 5.32 Å². The second-order valence-electron chi connectivity index (χ2n) is 4.95. The van der Waals surface area contributed by atoms with Gasteiger partial charge < -0.3 is 15.5 Å². The van der Waals surface area contributed by atoms with Gasteiger partial charge in [-0.2, -0.15) is 0 Å². The molecule has 1 aromatic rings. The van der Waals surface area contributed by atoms with Gasteiger partial charge >= 0.3 is 11.9 Å². The molecule has 25 heavy (non-hydrogen) atoms. The largest absolute Gasteiger partial charge is 0.481 e. The first-order chi connectivity index (χ1) is 11.5. The number of carboxylic acids is 2. The van der Waals surface area contributed by atoms with Crippen molar-refractivity contribution in [1.82, 2.24) is 5.32 Å². The van der Waals surface area contributed by atoms with Crippen molar-refractivity contribution in [3.05, 3.63) is 43.5 Å². The summed E-state index contributed by atoms with van der Waals surface area (Å²) in [6.45, 7) is 1.18. The van der Waals surface area contributed by atoms with Crippen molar-refractivity contribution in [1.29, 1.82) is 0 Å². The quantitative estimate of drug-likeness (QED) is 0.448. The van der Waals surface area contributed by atoms with Crippen LogP contribution in [0, 0.1) is 27.2 Å². The standard InChI is InChI=1S/C13H13N3O9/c1-6-8(4-7(15(22)23)5-10(6)16(24)25)12(19)14-9(13(20)21)2-3-11(17)18/h4-5,9H,2-3H2,1H3,(H,14,19)(H,17,18)(H,20,21). The Bertz CT molecular complexity index is 759. The average molecular weight is 355 g/mol. The molecule has 12 heteroatoms. The number of benzene rings is 1. The van der Waals surface area contributed by atoms with Gasteiger partial charge in [-0.05, 0) is 13.3 Å². The molecule has 3 N–H and O–H groups in total. The summed E-state index contributed by atoms with van der Waals surface area (Å²) in [5.74, 6) is -3.88. The van der Waals surface area contributed by atoms with Crippen LogP contribution in [-0.4, -0.2) is 43.9 Å². The minimum Gasteiger partial charge on any atom is -0.481 e. The van der Waals surface area contributed by atoms with Crippen LogP contribution in [0.25, 0.3) is 0 Å². The molecule has 0 bridgehead atoms. The fourth-order valence-electron chi connectivity index (χ4n) is 1.98. The summed E-state index contributed by atoms with van der Waals surface area (Å²) in [4.78, 5) is 53.8. The second-order valence-corrected chi connectivity index (χ2v) is 4.95. The van der Waals surface area contributed by atoms with Crippen LogP contribution in [-0.2, 0) is 9.59 Å². The Kier molecular flexibility index (Phi) is 6.08. The molecule has 1 aromatic carbocycles. The molecular formula is C13H13N3O9. The highest BCUT2D eigenvalue weighted by Gasteiger charge is 2.27. The lowest BCUT2D eigenvalue weighted by atomic mass is 10.0. The first-order valence-corrected chi connectivity index (χ1v) is 6.73. The zero-order valence-corrected chi connectivity index (χ0v) is 12.8. The molecule has 0 spiro atoms. The highest BCUT2D eigenvalue weighted by molar-refractivity contribution is 5.99. The first-order valence-electron chi connectivity index (χ1n) is 6.73. The van der Waals surface area contributed by atoms with Gasteiger partial charge in [0.2, 0.25) is 0 Å². The van der Waals surface area contributed by atoms with Crippen molar-refractivity contribution in [2.75, 3.05) is 0 Å². The van der Waals surface area contributed by atoms with E-state index in [-0.39, 0.29) is 5.56 Å². The number of hydrogen-bond donors (Lipinski definition) is 3. The minimum absolute atomic E-state index is 0.185. The molecule has 12 nitrogen and oxygen atoms in total. The van der Waals surface area contributed by atoms with E-state index in [2.05, 4.69) is 0 Å². The predicted octanol–water partition coefficient (Wildman–Crippen LogP) is 0.859. The van der Waals surface area contributed by atoms with Crippen molar-refractivity contribution in [3.8, 4) is 0 Å². The molecular weight excluding hydrogens is 342 g/mol. The van der Waals surface area contributed by atoms with Crippen molar-refractivity contribution >= 4 is 29.2 Å². The fourth-order valence-corrected chi connectivity index (χ4v) is 1.98. The highest BCUT2D eigenvalue weighted by atomic mass is 16.6. The number of aliphatic carboxylic acids is 2. The molecule has 0 aliphatic rings. The third-order valence-corrected chi connectivity index (χ3v) is 3.27. The van der Waals surface area contributed by atoms with Crippen LogP contribution in [0.15, 0.2) is 12.1 Å². The van der Waals surface area contributed by atoms with E-state index in [0.29, 0.717) is 6.07 Å². The maximum atomic E-state index is 12.2. The van der Waals surface area contributed by atoms with Gasteiger partial charge in [-0.1, -0.05) is 0 Å². The third-order valence-electron chi connectivity index (χ3n) is 3.27. The summed E-state index contributed by atoms with van der Waals surface area (Å²) in [5.41, 5.74) is -2.01. The van der Waals surface area contributed by atoms with Gasteiger partial charge in [-0.3, -0.25) is 29.8 Å². The predicted molar refractivity (Wildman–Crippen MR) is 80.2 cm³/mol. The first kappa shape index (κ1) is 19.5. The fraction of sp³-hybridized carbons (Fsp3) is 0.308. The van der Waals surface area contributed by atoms with E-state index in [0.717, 1.165) is 6.07 Å². The number of nitrogens with zero attached hydrogens (tertiary/aromatic N) is 2. The number of carbonyl (C=O) groups excluding carboxylic acids is 1. The number of rotatable bonds is 8. The van der Waals surface area contributed by atoms with Gasteiger partial charge in [0.15, 0.2) is 0 Å². The number of non-ortho nitro benzene ring substituents is 1. The topological polar surface area (TPSA) is 190 Å². The van der Waals surface area contributed by atoms with E-state index in [9.17, 15) is 34.6 Å². The molecule has 0 fully saturated rings. The van der Waals surface area contributed by atoms with Crippen molar-refractivity contribution in [2.45, 2.75) is 25.8 Å². The summed E-state index contributed by atoms with van der Waals surface area (Å²) < 4.78 is 0. The van der Waals surface area contributed by atoms with E-state index >= 15 is 0 Å². The van der Waals surface area contributed by atoms with E-state index in [1.165, 1.54) is 6.92 Å². The normalized spacial score (nSPS) is 11.4. The molecule has 0 saturated carbocycles. The third kappa shape index (κ3) is 4.95. The van der Waals surface area contributed by atoms with Crippen LogP contribution in [0.2, 0.25) is 0 Å². The number of nitro groups is 2. The molecule has 0 aliphatic heterocycles. The maximum Gasteiger partial charge on any atom is 0.326 e. The highest BCUT2D eigenvalue weighted by Crippen LogP contribution is 2.28. The minimum atomic E-state index is -1.57. The van der Waals surface area contributed by atoms with Gasteiger partial charge in [0.1, 0.15) is 6.04 Å². The Morgan fingerprint density at radius 3 is 2.20 bits per heavy atom. The Hall–Kier alpha value is -3.57. The Morgan fingerprint density at radius 2 is 1.76 bits per heavy atom. The lowest BCUT2D eigenvalue weighted by molar-refractivity contribution is -0.394. The smallest absolute Gasteiger partial charge is 0.326 e. The molecule has 1 rings (SSSR count). The summed E-state index contributed by atoms with van der Waals surface area (Å²) >= 11 is 0. The summed E-state index contributed by atoms with van der Waals surface area (Å²) in [6, 6.07) is -0.0970. The van der Waals surface area contributed by atoms with Gasteiger partial charge in [0.05, 0.1) is 21.5 Å². The number of nitro benzene ring substituents is 2. The number of carbonyl (C=O) groups is 3. The van der Waals surface area contributed by atoms with Gasteiger partial charge in [0, 0.05) is 18.1 Å². The van der Waals surface area contributed by atoms with Gasteiger partial charge in [0.25, 0.3) is 17.3 Å². The van der Waals surface area contributed by atoms with Crippen LogP contribution < -0.4 is 5.32 Å². The molecule has 1 unspecified atom stereocenters. The van der Waals surface area contributed by atoms with Crippen molar-refractivity contribution in [3.63, 3.8) is 0 Å². The molecule has 1 atom stereocenters. The Balaban J connectivity index is 3.22. The van der Waals surface area contributed by atoms with E-state index in [4.69, 9.17) is 10.2 Å². The molecule has 0 aliphatic carbocycles. The summed E-state index contributed by atoms with van der Waals surface area (Å²) in [7, 11) is 0. The van der Waals surface area contributed by atoms with Crippen LogP contribution in [0.5, 0.6) is 0 Å². The van der Waals surface area contributed by atoms with E-state index < -0.39 is 63.5 Å². The van der Waals surface area contributed by atoms with Crippen LogP contribution in [0.1, 0.15) is 28.8 Å². The number of carboxylic acid groups (broad SMARTS) is 2. The molecule has 0 radical (unpaired) electrons. The van der Waals surface area contributed by atoms with Crippen molar-refractivity contribution < 1.29 is 34.4 Å². The number of amides is 1. The number of nitrogens with one attached hydrogen (secondary N) is 1. The maximum absolute atomic E-state index is 12.2. The van der Waals surface area contributed by atoms with Crippen LogP contribution >= 0.6 is 0 Å².